The molecule has 1 aromatic rings. The summed E-state index contributed by atoms with van der Waals surface area (Å²) in [4.78, 5) is 11.3. The number of carbonyl (C=O) groups is 1. The second-order valence-electron chi connectivity index (χ2n) is 3.08. The summed E-state index contributed by atoms with van der Waals surface area (Å²) in [5.74, 6) is 0.678. The molecule has 0 aliphatic carbocycles. The van der Waals surface area contributed by atoms with Crippen molar-refractivity contribution in [3.8, 4) is 5.75 Å². The molecule has 1 heterocycles. The van der Waals surface area contributed by atoms with E-state index in [-0.39, 0.29) is 0 Å². The molecule has 1 fully saturated rings. The zero-order chi connectivity index (χ0) is 11.6. The van der Waals surface area contributed by atoms with Crippen molar-refractivity contribution >= 4 is 17.9 Å². The van der Waals surface area contributed by atoms with E-state index in [1.165, 1.54) is 0 Å². The molecule has 1 atom stereocenters. The van der Waals surface area contributed by atoms with Gasteiger partial charge < -0.3 is 14.2 Å². The molecule has 0 bridgehead atoms. The highest BCUT2D eigenvalue weighted by Crippen LogP contribution is 2.39. The molecule has 4 nitrogen and oxygen atoms in total. The molecule has 2 rings (SSSR count). The molecule has 0 aromatic heterocycles. The van der Waals surface area contributed by atoms with Crippen molar-refractivity contribution in [2.24, 2.45) is 0 Å². The third-order valence-corrected chi connectivity index (χ3v) is 2.94. The predicted octanol–water partition coefficient (Wildman–Crippen LogP) is 2.58. The summed E-state index contributed by atoms with van der Waals surface area (Å²) in [5, 5.41) is -2.13. The molecule has 0 radical (unpaired) electrons. The minimum atomic E-state index is -2.13. The fourth-order valence-corrected chi connectivity index (χ4v) is 2.05. The molecule has 1 aromatic carbocycles. The van der Waals surface area contributed by atoms with Crippen molar-refractivity contribution in [1.82, 2.24) is 0 Å². The lowest BCUT2D eigenvalue weighted by molar-refractivity contribution is 0.0260. The van der Waals surface area contributed by atoms with Crippen molar-refractivity contribution in [1.29, 1.82) is 0 Å². The molecule has 0 saturated carbocycles. The summed E-state index contributed by atoms with van der Waals surface area (Å²) in [6.45, 7) is -0.400. The highest BCUT2D eigenvalue weighted by atomic mass is 32.2. The molecule has 1 unspecified atom stereocenters. The third-order valence-electron chi connectivity index (χ3n) is 1.93. The first-order valence-electron chi connectivity index (χ1n) is 4.49. The van der Waals surface area contributed by atoms with Crippen molar-refractivity contribution in [3.63, 3.8) is 0 Å². The monoisotopic (exact) mass is 244 g/mol. The van der Waals surface area contributed by atoms with Crippen LogP contribution >= 0.6 is 11.8 Å². The first kappa shape index (κ1) is 11.1. The number of ether oxygens (including phenoxy) is 3. The van der Waals surface area contributed by atoms with E-state index in [0.717, 1.165) is 11.8 Å². The van der Waals surface area contributed by atoms with Gasteiger partial charge in [0, 0.05) is 4.90 Å². The number of hydrogen-bond acceptors (Lipinski definition) is 5. The Morgan fingerprint density at radius 3 is 2.62 bits per heavy atom. The van der Waals surface area contributed by atoms with Crippen LogP contribution in [0.2, 0.25) is 0 Å². The lowest BCUT2D eigenvalue weighted by atomic mass is 10.3. The van der Waals surface area contributed by atoms with Gasteiger partial charge in [0.25, 0.3) is 0 Å². The minimum absolute atomic E-state index is 0.400. The normalized spacial score (nSPS) is 23.8. The van der Waals surface area contributed by atoms with E-state index in [0.29, 0.717) is 10.6 Å². The second-order valence-corrected chi connectivity index (χ2v) is 4.36. The van der Waals surface area contributed by atoms with Crippen LogP contribution in [-0.4, -0.2) is 25.1 Å². The number of thioether (sulfide) groups is 1. The van der Waals surface area contributed by atoms with Gasteiger partial charge in [-0.2, -0.15) is 4.39 Å². The number of cyclic esters (lactones) is 2. The van der Waals surface area contributed by atoms with Crippen LogP contribution in [0.5, 0.6) is 5.75 Å². The highest BCUT2D eigenvalue weighted by molar-refractivity contribution is 8.00. The molecule has 0 spiro atoms. The van der Waals surface area contributed by atoms with Gasteiger partial charge >= 0.3 is 11.3 Å². The molecule has 1 aliphatic heterocycles. The average Bonchev–Trinajstić information content (AvgIpc) is 2.59. The number of methoxy groups -OCH3 is 1. The molecule has 86 valence electrons. The molecule has 1 saturated heterocycles. The Labute approximate surface area is 95.7 Å². The second kappa shape index (κ2) is 4.21. The van der Waals surface area contributed by atoms with E-state index in [1.54, 1.807) is 31.4 Å². The largest absolute Gasteiger partial charge is 0.512 e. The SMILES string of the molecule is COc1ccc(SC2(F)COC(=O)O2)cc1. The fourth-order valence-electron chi connectivity index (χ4n) is 1.20. The van der Waals surface area contributed by atoms with Crippen LogP contribution in [0.15, 0.2) is 29.2 Å². The Hall–Kier alpha value is -1.43. The number of halogens is 1. The number of hydrogen-bond donors (Lipinski definition) is 0. The van der Waals surface area contributed by atoms with Crippen LogP contribution in [0.25, 0.3) is 0 Å². The standard InChI is InChI=1S/C10H9FO4S/c1-13-7-2-4-8(5-3-7)16-10(11)6-14-9(12)15-10/h2-5H,6H2,1H3. The van der Waals surface area contributed by atoms with Gasteiger partial charge in [0.2, 0.25) is 0 Å². The lowest BCUT2D eigenvalue weighted by Crippen LogP contribution is -2.20. The van der Waals surface area contributed by atoms with E-state index in [2.05, 4.69) is 9.47 Å². The Balaban J connectivity index is 2.06. The van der Waals surface area contributed by atoms with E-state index in [1.807, 2.05) is 0 Å². The Morgan fingerprint density at radius 1 is 1.44 bits per heavy atom. The first-order valence-corrected chi connectivity index (χ1v) is 5.31. The van der Waals surface area contributed by atoms with Gasteiger partial charge in [0.15, 0.2) is 6.61 Å². The highest BCUT2D eigenvalue weighted by Gasteiger charge is 2.44. The van der Waals surface area contributed by atoms with Crippen molar-refractivity contribution in [3.05, 3.63) is 24.3 Å². The van der Waals surface area contributed by atoms with Crippen LogP contribution < -0.4 is 4.74 Å². The number of benzene rings is 1. The van der Waals surface area contributed by atoms with Gasteiger partial charge in [-0.15, -0.1) is 0 Å². The Morgan fingerprint density at radius 2 is 2.12 bits per heavy atom. The van der Waals surface area contributed by atoms with Gasteiger partial charge in [-0.05, 0) is 36.0 Å². The Bertz CT molecular complexity index is 394. The lowest BCUT2D eigenvalue weighted by Gasteiger charge is -2.13. The summed E-state index contributed by atoms with van der Waals surface area (Å²) < 4.78 is 27.6. The maximum atomic E-state index is 13.8. The van der Waals surface area contributed by atoms with Crippen LogP contribution in [0.1, 0.15) is 0 Å². The van der Waals surface area contributed by atoms with Gasteiger partial charge in [-0.1, -0.05) is 0 Å². The van der Waals surface area contributed by atoms with Gasteiger partial charge in [-0.3, -0.25) is 0 Å². The fraction of sp³-hybridized carbons (Fsp3) is 0.300. The Kier molecular flexibility index (Phi) is 2.91. The molecule has 6 heteroatoms. The quantitative estimate of drug-likeness (QED) is 0.764. The summed E-state index contributed by atoms with van der Waals surface area (Å²) in [5.41, 5.74) is 0. The molecular weight excluding hydrogens is 235 g/mol. The zero-order valence-electron chi connectivity index (χ0n) is 8.44. The molecule has 16 heavy (non-hydrogen) atoms. The summed E-state index contributed by atoms with van der Waals surface area (Å²) in [6.07, 6.45) is -0.983. The molecule has 0 N–H and O–H groups in total. The van der Waals surface area contributed by atoms with Gasteiger partial charge in [0.1, 0.15) is 5.75 Å². The van der Waals surface area contributed by atoms with Crippen LogP contribution in [-0.2, 0) is 9.47 Å². The number of alkyl halides is 1. The first-order chi connectivity index (χ1) is 7.61. The van der Waals surface area contributed by atoms with E-state index >= 15 is 0 Å². The zero-order valence-corrected chi connectivity index (χ0v) is 9.25. The topological polar surface area (TPSA) is 44.8 Å². The van der Waals surface area contributed by atoms with Crippen LogP contribution in [0, 0.1) is 0 Å². The molecular formula is C10H9FO4S. The van der Waals surface area contributed by atoms with Crippen LogP contribution in [0.4, 0.5) is 9.18 Å². The summed E-state index contributed by atoms with van der Waals surface area (Å²) >= 11 is 0.786. The molecule has 0 amide bonds. The van der Waals surface area contributed by atoms with Crippen molar-refractivity contribution in [2.45, 2.75) is 10.1 Å². The number of rotatable bonds is 3. The summed E-state index contributed by atoms with van der Waals surface area (Å²) in [7, 11) is 1.55. The van der Waals surface area contributed by atoms with Crippen LogP contribution in [0.3, 0.4) is 0 Å². The minimum Gasteiger partial charge on any atom is -0.497 e. The van der Waals surface area contributed by atoms with Crippen molar-refractivity contribution < 1.29 is 23.4 Å². The van der Waals surface area contributed by atoms with Crippen molar-refractivity contribution in [2.75, 3.05) is 13.7 Å². The summed E-state index contributed by atoms with van der Waals surface area (Å²) in [6, 6.07) is 6.75. The molecule has 1 aliphatic rings. The smallest absolute Gasteiger partial charge is 0.497 e. The number of carbonyl (C=O) groups excluding carboxylic acids is 1. The van der Waals surface area contributed by atoms with E-state index < -0.39 is 17.9 Å². The van der Waals surface area contributed by atoms with Gasteiger partial charge in [-0.25, -0.2) is 4.79 Å². The maximum Gasteiger partial charge on any atom is 0.512 e. The third kappa shape index (κ3) is 2.38. The maximum absolute atomic E-state index is 13.8. The van der Waals surface area contributed by atoms with E-state index in [4.69, 9.17) is 4.74 Å². The predicted molar refractivity (Wildman–Crippen MR) is 55.1 cm³/mol. The van der Waals surface area contributed by atoms with Gasteiger partial charge in [0.05, 0.1) is 7.11 Å². The van der Waals surface area contributed by atoms with E-state index in [9.17, 15) is 9.18 Å². The average molecular weight is 244 g/mol.